The average Bonchev–Trinajstić information content (AvgIpc) is 2.90. The number of nitrogens with one attached hydrogen (secondary N) is 1. The van der Waals surface area contributed by atoms with Crippen LogP contribution in [0.5, 0.6) is 0 Å². The largest absolute Gasteiger partial charge is 0.364 e. The molecule has 1 saturated heterocycles. The molecule has 3 rings (SSSR count). The van der Waals surface area contributed by atoms with Crippen LogP contribution in [0, 0.1) is 0 Å². The molecule has 110 valence electrons. The van der Waals surface area contributed by atoms with Crippen LogP contribution in [0.15, 0.2) is 18.2 Å². The van der Waals surface area contributed by atoms with E-state index < -0.39 is 0 Å². The molecule has 1 spiro atoms. The van der Waals surface area contributed by atoms with Gasteiger partial charge in [-0.2, -0.15) is 0 Å². The third kappa shape index (κ3) is 2.66. The summed E-state index contributed by atoms with van der Waals surface area (Å²) in [7, 11) is 0. The molecular formula is C16H22Cl2N2. The molecule has 20 heavy (non-hydrogen) atoms. The Bertz CT molecular complexity index is 483. The molecule has 2 nitrogen and oxygen atoms in total. The van der Waals surface area contributed by atoms with Gasteiger partial charge in [0.05, 0.1) is 10.7 Å². The van der Waals surface area contributed by atoms with Crippen LogP contribution >= 0.6 is 23.2 Å². The molecule has 0 bridgehead atoms. The van der Waals surface area contributed by atoms with Crippen molar-refractivity contribution in [2.24, 2.45) is 0 Å². The Hall–Kier alpha value is -0.440. The number of halogens is 2. The fraction of sp³-hybridized carbons (Fsp3) is 0.625. The van der Waals surface area contributed by atoms with Crippen molar-refractivity contribution in [2.45, 2.75) is 50.6 Å². The minimum atomic E-state index is 0.289. The van der Waals surface area contributed by atoms with Crippen LogP contribution in [0.1, 0.15) is 39.0 Å². The predicted molar refractivity (Wildman–Crippen MR) is 87.1 cm³/mol. The Morgan fingerprint density at radius 2 is 2.05 bits per heavy atom. The van der Waals surface area contributed by atoms with E-state index in [-0.39, 0.29) is 5.54 Å². The average molecular weight is 313 g/mol. The highest BCUT2D eigenvalue weighted by atomic mass is 35.5. The SMILES string of the molecule is CCC1CNC2(CCCC2)CN1c1cc(Cl)ccc1Cl. The van der Waals surface area contributed by atoms with Crippen molar-refractivity contribution in [3.05, 3.63) is 28.2 Å². The molecule has 1 unspecified atom stereocenters. The molecule has 1 aliphatic carbocycles. The van der Waals surface area contributed by atoms with E-state index in [0.717, 1.165) is 35.2 Å². The van der Waals surface area contributed by atoms with Crippen molar-refractivity contribution in [3.63, 3.8) is 0 Å². The predicted octanol–water partition coefficient (Wildman–Crippen LogP) is 4.49. The summed E-state index contributed by atoms with van der Waals surface area (Å²) in [4.78, 5) is 2.48. The lowest BCUT2D eigenvalue weighted by Gasteiger charge is -2.47. The van der Waals surface area contributed by atoms with E-state index in [2.05, 4.69) is 17.1 Å². The summed E-state index contributed by atoms with van der Waals surface area (Å²) < 4.78 is 0. The molecule has 1 aliphatic heterocycles. The maximum Gasteiger partial charge on any atom is 0.0640 e. The summed E-state index contributed by atoms with van der Waals surface area (Å²) in [5, 5.41) is 5.38. The fourth-order valence-electron chi connectivity index (χ4n) is 3.69. The summed E-state index contributed by atoms with van der Waals surface area (Å²) in [6.45, 7) is 4.33. The highest BCUT2D eigenvalue weighted by Crippen LogP contribution is 2.38. The number of nitrogens with zero attached hydrogens (tertiary/aromatic N) is 1. The van der Waals surface area contributed by atoms with Gasteiger partial charge in [-0.15, -0.1) is 0 Å². The maximum atomic E-state index is 6.43. The molecule has 1 saturated carbocycles. The molecule has 0 amide bonds. The monoisotopic (exact) mass is 312 g/mol. The smallest absolute Gasteiger partial charge is 0.0640 e. The van der Waals surface area contributed by atoms with Crippen LogP contribution in [0.4, 0.5) is 5.69 Å². The van der Waals surface area contributed by atoms with Gasteiger partial charge in [-0.3, -0.25) is 0 Å². The highest BCUT2D eigenvalue weighted by Gasteiger charge is 2.41. The summed E-state index contributed by atoms with van der Waals surface area (Å²) in [5.74, 6) is 0. The van der Waals surface area contributed by atoms with E-state index in [4.69, 9.17) is 23.2 Å². The van der Waals surface area contributed by atoms with Crippen LogP contribution in [-0.4, -0.2) is 24.7 Å². The molecule has 2 aliphatic rings. The van der Waals surface area contributed by atoms with Crippen molar-refractivity contribution in [2.75, 3.05) is 18.0 Å². The number of hydrogen-bond acceptors (Lipinski definition) is 2. The Kier molecular flexibility index (Phi) is 4.16. The summed E-state index contributed by atoms with van der Waals surface area (Å²) >= 11 is 12.6. The highest BCUT2D eigenvalue weighted by molar-refractivity contribution is 6.35. The molecule has 1 aromatic rings. The van der Waals surface area contributed by atoms with E-state index in [0.29, 0.717) is 6.04 Å². The van der Waals surface area contributed by atoms with Gasteiger partial charge in [0.15, 0.2) is 0 Å². The van der Waals surface area contributed by atoms with Crippen LogP contribution in [0.3, 0.4) is 0 Å². The third-order valence-corrected chi connectivity index (χ3v) is 5.43. The lowest BCUT2D eigenvalue weighted by atomic mass is 9.91. The minimum Gasteiger partial charge on any atom is -0.364 e. The molecule has 1 N–H and O–H groups in total. The molecule has 1 heterocycles. The lowest BCUT2D eigenvalue weighted by Crippen LogP contribution is -2.63. The second-order valence-electron chi connectivity index (χ2n) is 6.15. The Labute approximate surface area is 131 Å². The van der Waals surface area contributed by atoms with Gasteiger partial charge in [0.2, 0.25) is 0 Å². The Morgan fingerprint density at radius 1 is 1.30 bits per heavy atom. The van der Waals surface area contributed by atoms with Gasteiger partial charge in [0.25, 0.3) is 0 Å². The van der Waals surface area contributed by atoms with E-state index in [1.807, 2.05) is 18.2 Å². The van der Waals surface area contributed by atoms with E-state index in [1.165, 1.54) is 25.7 Å². The first-order valence-electron chi connectivity index (χ1n) is 7.60. The van der Waals surface area contributed by atoms with Gasteiger partial charge in [0, 0.05) is 29.7 Å². The Balaban J connectivity index is 1.92. The molecule has 0 aromatic heterocycles. The number of piperazine rings is 1. The van der Waals surface area contributed by atoms with Gasteiger partial charge in [-0.1, -0.05) is 43.0 Å². The number of hydrogen-bond donors (Lipinski definition) is 1. The summed E-state index contributed by atoms with van der Waals surface area (Å²) in [5.41, 5.74) is 1.39. The zero-order valence-electron chi connectivity index (χ0n) is 12.0. The lowest BCUT2D eigenvalue weighted by molar-refractivity contribution is 0.267. The van der Waals surface area contributed by atoms with E-state index in [9.17, 15) is 0 Å². The normalized spacial score (nSPS) is 25.4. The minimum absolute atomic E-state index is 0.289. The molecule has 1 aromatic carbocycles. The molecule has 1 atom stereocenters. The molecule has 2 fully saturated rings. The second kappa shape index (κ2) is 5.75. The number of anilines is 1. The van der Waals surface area contributed by atoms with Gasteiger partial charge >= 0.3 is 0 Å². The topological polar surface area (TPSA) is 15.3 Å². The molecular weight excluding hydrogens is 291 g/mol. The molecule has 4 heteroatoms. The van der Waals surface area contributed by atoms with Crippen LogP contribution < -0.4 is 10.2 Å². The second-order valence-corrected chi connectivity index (χ2v) is 7.00. The van der Waals surface area contributed by atoms with Gasteiger partial charge in [0.1, 0.15) is 0 Å². The van der Waals surface area contributed by atoms with Crippen molar-refractivity contribution in [1.82, 2.24) is 5.32 Å². The molecule has 0 radical (unpaired) electrons. The first-order valence-corrected chi connectivity index (χ1v) is 8.36. The van der Waals surface area contributed by atoms with Crippen molar-refractivity contribution < 1.29 is 0 Å². The van der Waals surface area contributed by atoms with Crippen molar-refractivity contribution in [3.8, 4) is 0 Å². The van der Waals surface area contributed by atoms with E-state index >= 15 is 0 Å². The number of benzene rings is 1. The van der Waals surface area contributed by atoms with Crippen molar-refractivity contribution >= 4 is 28.9 Å². The van der Waals surface area contributed by atoms with Crippen LogP contribution in [-0.2, 0) is 0 Å². The number of rotatable bonds is 2. The fourth-order valence-corrected chi connectivity index (χ4v) is 4.09. The quantitative estimate of drug-likeness (QED) is 0.865. The first-order chi connectivity index (χ1) is 9.63. The van der Waals surface area contributed by atoms with Gasteiger partial charge < -0.3 is 10.2 Å². The zero-order valence-corrected chi connectivity index (χ0v) is 13.5. The van der Waals surface area contributed by atoms with Crippen LogP contribution in [0.2, 0.25) is 10.0 Å². The summed E-state index contributed by atoms with van der Waals surface area (Å²) in [6, 6.07) is 6.29. The Morgan fingerprint density at radius 3 is 2.75 bits per heavy atom. The van der Waals surface area contributed by atoms with Gasteiger partial charge in [-0.05, 0) is 37.5 Å². The van der Waals surface area contributed by atoms with E-state index in [1.54, 1.807) is 0 Å². The third-order valence-electron chi connectivity index (χ3n) is 4.88. The zero-order chi connectivity index (χ0) is 14.2. The first kappa shape index (κ1) is 14.5. The van der Waals surface area contributed by atoms with Gasteiger partial charge in [-0.25, -0.2) is 0 Å². The standard InChI is InChI=1S/C16H22Cl2N2/c1-2-13-10-19-16(7-3-4-8-16)11-20(13)15-9-12(17)5-6-14(15)18/h5-6,9,13,19H,2-4,7-8,10-11H2,1H3. The van der Waals surface area contributed by atoms with Crippen molar-refractivity contribution in [1.29, 1.82) is 0 Å². The maximum absolute atomic E-state index is 6.43. The summed E-state index contributed by atoms with van der Waals surface area (Å²) in [6.07, 6.45) is 6.34. The van der Waals surface area contributed by atoms with Crippen LogP contribution in [0.25, 0.3) is 0 Å².